The van der Waals surface area contributed by atoms with Crippen molar-refractivity contribution >= 4 is 34.2 Å². The van der Waals surface area contributed by atoms with Crippen LogP contribution in [0.4, 0.5) is 15.3 Å². The first-order valence-electron chi connectivity index (χ1n) is 13.0. The number of thiazole rings is 1. The molecule has 1 aromatic carbocycles. The van der Waals surface area contributed by atoms with Crippen LogP contribution in [0.15, 0.2) is 36.5 Å². The van der Waals surface area contributed by atoms with E-state index in [1.165, 1.54) is 11.9 Å². The van der Waals surface area contributed by atoms with Crippen LogP contribution in [0.1, 0.15) is 25.7 Å². The minimum Gasteiger partial charge on any atom is -0.488 e. The maximum Gasteiger partial charge on any atom is 0.304 e. The number of pyridine rings is 1. The molecule has 1 saturated heterocycles. The first-order chi connectivity index (χ1) is 18.8. The molecule has 0 aliphatic carbocycles. The van der Waals surface area contributed by atoms with Crippen molar-refractivity contribution in [2.24, 2.45) is 11.8 Å². The zero-order chi connectivity index (χ0) is 27.5. The Bertz CT molecular complexity index is 1360. The lowest BCUT2D eigenvalue weighted by molar-refractivity contribution is -0.141. The minimum absolute atomic E-state index is 0.125. The Morgan fingerprint density at radius 3 is 2.72 bits per heavy atom. The van der Waals surface area contributed by atoms with Crippen LogP contribution in [0.5, 0.6) is 5.75 Å². The molecule has 3 aromatic rings. The number of amides is 1. The summed E-state index contributed by atoms with van der Waals surface area (Å²) in [5, 5.41) is 9.10. The SMILES string of the molecule is CN1CCOc2cc(-c3ccccc3-c3nc(N(C)C(=O)[C@@H](CC(=O)O)CC4CCOCC4)sc3F)cnc21. The Labute approximate surface area is 230 Å². The normalized spacial score (nSPS) is 16.3. The number of anilines is 2. The standard InChI is InChI=1S/C28H31FN4O5S/c1-32-9-12-38-22-14-19(16-30-26(22)32)20-5-3-4-6-21(20)24-25(29)39-28(31-24)33(2)27(36)18(15-23(34)35)13-17-7-10-37-11-8-17/h3-6,14,16-18H,7-13,15H2,1-2H3,(H,34,35)/t18-/m1/s1. The van der Waals surface area contributed by atoms with Crippen molar-refractivity contribution in [2.75, 3.05) is 50.3 Å². The molecule has 0 saturated carbocycles. The zero-order valence-electron chi connectivity index (χ0n) is 21.9. The van der Waals surface area contributed by atoms with Gasteiger partial charge in [-0.1, -0.05) is 35.6 Å². The van der Waals surface area contributed by atoms with Crippen LogP contribution in [-0.2, 0) is 14.3 Å². The predicted octanol–water partition coefficient (Wildman–Crippen LogP) is 4.71. The number of aliphatic carboxylic acids is 1. The molecule has 206 valence electrons. The highest BCUT2D eigenvalue weighted by molar-refractivity contribution is 7.14. The third kappa shape index (κ3) is 5.89. The molecule has 0 unspecified atom stereocenters. The van der Waals surface area contributed by atoms with Gasteiger partial charge in [0.25, 0.3) is 0 Å². The first kappa shape index (κ1) is 27.0. The molecule has 4 heterocycles. The van der Waals surface area contributed by atoms with Gasteiger partial charge in [-0.25, -0.2) is 9.97 Å². The van der Waals surface area contributed by atoms with E-state index >= 15 is 4.39 Å². The van der Waals surface area contributed by atoms with Crippen LogP contribution in [0.25, 0.3) is 22.4 Å². The van der Waals surface area contributed by atoms with Gasteiger partial charge in [0.2, 0.25) is 11.0 Å². The summed E-state index contributed by atoms with van der Waals surface area (Å²) in [6, 6.07) is 9.21. The number of hydrogen-bond acceptors (Lipinski definition) is 8. The van der Waals surface area contributed by atoms with Gasteiger partial charge in [0.15, 0.2) is 16.7 Å². The Kier molecular flexibility index (Phi) is 8.08. The Morgan fingerprint density at radius 1 is 1.23 bits per heavy atom. The van der Waals surface area contributed by atoms with Gasteiger partial charge < -0.3 is 19.5 Å². The van der Waals surface area contributed by atoms with Crippen molar-refractivity contribution in [2.45, 2.75) is 25.7 Å². The van der Waals surface area contributed by atoms with Crippen LogP contribution in [0.2, 0.25) is 0 Å². The van der Waals surface area contributed by atoms with Crippen molar-refractivity contribution in [3.8, 4) is 28.1 Å². The molecule has 0 spiro atoms. The van der Waals surface area contributed by atoms with Crippen molar-refractivity contribution in [1.29, 1.82) is 0 Å². The molecule has 39 heavy (non-hydrogen) atoms. The van der Waals surface area contributed by atoms with E-state index in [-0.39, 0.29) is 29.1 Å². The van der Waals surface area contributed by atoms with Crippen LogP contribution in [0.3, 0.4) is 0 Å². The molecule has 2 aliphatic rings. The smallest absolute Gasteiger partial charge is 0.304 e. The average molecular weight is 555 g/mol. The monoisotopic (exact) mass is 554 g/mol. The highest BCUT2D eigenvalue weighted by atomic mass is 32.1. The fraction of sp³-hybridized carbons (Fsp3) is 0.429. The minimum atomic E-state index is -1.04. The second-order valence-corrected chi connectivity index (χ2v) is 10.9. The van der Waals surface area contributed by atoms with Crippen LogP contribution < -0.4 is 14.5 Å². The predicted molar refractivity (Wildman–Crippen MR) is 147 cm³/mol. The number of nitrogens with zero attached hydrogens (tertiary/aromatic N) is 4. The van der Waals surface area contributed by atoms with Crippen molar-refractivity contribution in [3.63, 3.8) is 0 Å². The quantitative estimate of drug-likeness (QED) is 0.427. The topological polar surface area (TPSA) is 105 Å². The molecule has 2 aliphatic heterocycles. The lowest BCUT2D eigenvalue weighted by Crippen LogP contribution is -2.35. The summed E-state index contributed by atoms with van der Waals surface area (Å²) in [7, 11) is 3.48. The van der Waals surface area contributed by atoms with E-state index in [0.717, 1.165) is 47.7 Å². The lowest BCUT2D eigenvalue weighted by Gasteiger charge is -2.27. The number of carbonyl (C=O) groups excluding carboxylic acids is 1. The van der Waals surface area contributed by atoms with E-state index in [0.29, 0.717) is 37.6 Å². The van der Waals surface area contributed by atoms with Crippen LogP contribution in [0, 0.1) is 17.0 Å². The molecule has 1 amide bonds. The summed E-state index contributed by atoms with van der Waals surface area (Å²) < 4.78 is 26.6. The Balaban J connectivity index is 1.42. The van der Waals surface area contributed by atoms with Crippen molar-refractivity contribution < 1.29 is 28.6 Å². The Hall–Kier alpha value is -3.57. The van der Waals surface area contributed by atoms with Gasteiger partial charge in [0, 0.05) is 50.6 Å². The molecule has 2 aromatic heterocycles. The fourth-order valence-corrected chi connectivity index (χ4v) is 5.93. The summed E-state index contributed by atoms with van der Waals surface area (Å²) in [6.07, 6.45) is 3.48. The van der Waals surface area contributed by atoms with Gasteiger partial charge in [0.1, 0.15) is 12.3 Å². The van der Waals surface area contributed by atoms with Crippen molar-refractivity contribution in [3.05, 3.63) is 41.7 Å². The van der Waals surface area contributed by atoms with Gasteiger partial charge in [0.05, 0.1) is 13.0 Å². The number of ether oxygens (including phenoxy) is 2. The average Bonchev–Trinajstić information content (AvgIpc) is 3.33. The summed E-state index contributed by atoms with van der Waals surface area (Å²) in [5.74, 6) is -0.514. The maximum absolute atomic E-state index is 15.4. The van der Waals surface area contributed by atoms with Gasteiger partial charge >= 0.3 is 5.97 Å². The highest BCUT2D eigenvalue weighted by Gasteiger charge is 2.31. The summed E-state index contributed by atoms with van der Waals surface area (Å²) in [4.78, 5) is 37.4. The Morgan fingerprint density at radius 2 is 1.97 bits per heavy atom. The largest absolute Gasteiger partial charge is 0.488 e. The van der Waals surface area contributed by atoms with E-state index in [4.69, 9.17) is 9.47 Å². The summed E-state index contributed by atoms with van der Waals surface area (Å²) in [6.45, 7) is 2.52. The number of carboxylic acid groups (broad SMARTS) is 1. The molecular weight excluding hydrogens is 523 g/mol. The highest BCUT2D eigenvalue weighted by Crippen LogP contribution is 2.40. The molecule has 1 fully saturated rings. The number of rotatable bonds is 8. The number of hydrogen-bond donors (Lipinski definition) is 1. The van der Waals surface area contributed by atoms with Gasteiger partial charge in [-0.15, -0.1) is 0 Å². The molecule has 0 radical (unpaired) electrons. The second-order valence-electron chi connectivity index (χ2n) is 9.96. The maximum atomic E-state index is 15.4. The number of likely N-dealkylation sites (N-methyl/N-ethyl adjacent to an activating group) is 1. The number of halogens is 1. The van der Waals surface area contributed by atoms with Gasteiger partial charge in [-0.05, 0) is 36.8 Å². The number of benzene rings is 1. The molecule has 11 heteroatoms. The van der Waals surface area contributed by atoms with Crippen LogP contribution >= 0.6 is 11.3 Å². The fourth-order valence-electron chi connectivity index (χ4n) is 5.15. The molecule has 9 nitrogen and oxygen atoms in total. The third-order valence-electron chi connectivity index (χ3n) is 7.29. The zero-order valence-corrected chi connectivity index (χ0v) is 22.7. The third-order valence-corrected chi connectivity index (χ3v) is 8.21. The van der Waals surface area contributed by atoms with E-state index in [2.05, 4.69) is 9.97 Å². The second kappa shape index (κ2) is 11.7. The lowest BCUT2D eigenvalue weighted by atomic mass is 9.86. The number of carbonyl (C=O) groups is 2. The molecular formula is C28H31FN4O5S. The molecule has 1 N–H and O–H groups in total. The molecule has 5 rings (SSSR count). The molecule has 0 bridgehead atoms. The van der Waals surface area contributed by atoms with E-state index in [1.54, 1.807) is 18.3 Å². The summed E-state index contributed by atoms with van der Waals surface area (Å²) >= 11 is 0.768. The van der Waals surface area contributed by atoms with E-state index in [9.17, 15) is 14.7 Å². The summed E-state index contributed by atoms with van der Waals surface area (Å²) in [5.41, 5.74) is 2.18. The number of aromatic nitrogens is 2. The van der Waals surface area contributed by atoms with E-state index in [1.807, 2.05) is 30.1 Å². The number of fused-ring (bicyclic) bond motifs is 1. The first-order valence-corrected chi connectivity index (χ1v) is 13.8. The van der Waals surface area contributed by atoms with Gasteiger partial charge in [-0.3, -0.25) is 14.5 Å². The number of carboxylic acids is 1. The van der Waals surface area contributed by atoms with Crippen molar-refractivity contribution in [1.82, 2.24) is 9.97 Å². The molecule has 1 atom stereocenters. The van der Waals surface area contributed by atoms with Crippen LogP contribution in [-0.4, -0.2) is 67.4 Å². The van der Waals surface area contributed by atoms with E-state index < -0.39 is 17.0 Å². The van der Waals surface area contributed by atoms with Gasteiger partial charge in [-0.2, -0.15) is 4.39 Å².